The lowest BCUT2D eigenvalue weighted by Crippen LogP contribution is -2.55. The van der Waals surface area contributed by atoms with E-state index in [-0.39, 0.29) is 5.82 Å². The van der Waals surface area contributed by atoms with Gasteiger partial charge in [0.05, 0.1) is 7.11 Å². The molecular formula is C17H27FN2O. The molecule has 0 aliphatic carbocycles. The molecule has 21 heavy (non-hydrogen) atoms. The summed E-state index contributed by atoms with van der Waals surface area (Å²) in [6.45, 7) is 9.53. The Morgan fingerprint density at radius 3 is 2.81 bits per heavy atom. The van der Waals surface area contributed by atoms with Crippen LogP contribution < -0.4 is 10.1 Å². The molecule has 1 fully saturated rings. The molecule has 0 radical (unpaired) electrons. The van der Waals surface area contributed by atoms with Gasteiger partial charge in [0.2, 0.25) is 0 Å². The second-order valence-corrected chi connectivity index (χ2v) is 6.48. The minimum Gasteiger partial charge on any atom is -0.494 e. The average Bonchev–Trinajstić information content (AvgIpc) is 2.42. The second kappa shape index (κ2) is 7.23. The third kappa shape index (κ3) is 4.42. The monoisotopic (exact) mass is 294 g/mol. The number of benzene rings is 1. The third-order valence-corrected chi connectivity index (χ3v) is 4.14. The summed E-state index contributed by atoms with van der Waals surface area (Å²) >= 11 is 0. The maximum absolute atomic E-state index is 13.8. The van der Waals surface area contributed by atoms with Crippen LogP contribution in [0.1, 0.15) is 32.8 Å². The van der Waals surface area contributed by atoms with Gasteiger partial charge >= 0.3 is 0 Å². The van der Waals surface area contributed by atoms with Crippen LogP contribution in [0.15, 0.2) is 18.2 Å². The fourth-order valence-electron chi connectivity index (χ4n) is 2.98. The number of nitrogens with one attached hydrogen (secondary N) is 1. The van der Waals surface area contributed by atoms with Gasteiger partial charge in [0.25, 0.3) is 0 Å². The number of halogens is 1. The Morgan fingerprint density at radius 2 is 2.19 bits per heavy atom. The molecule has 2 rings (SSSR count). The zero-order valence-electron chi connectivity index (χ0n) is 13.5. The van der Waals surface area contributed by atoms with Crippen LogP contribution >= 0.6 is 0 Å². The topological polar surface area (TPSA) is 24.5 Å². The van der Waals surface area contributed by atoms with Gasteiger partial charge in [-0.15, -0.1) is 0 Å². The Balaban J connectivity index is 2.01. The van der Waals surface area contributed by atoms with Crippen molar-refractivity contribution in [3.63, 3.8) is 0 Å². The van der Waals surface area contributed by atoms with Crippen molar-refractivity contribution < 1.29 is 9.13 Å². The van der Waals surface area contributed by atoms with Crippen LogP contribution in [-0.4, -0.2) is 37.2 Å². The predicted octanol–water partition coefficient (Wildman–Crippen LogP) is 3.04. The van der Waals surface area contributed by atoms with Gasteiger partial charge in [0.1, 0.15) is 0 Å². The van der Waals surface area contributed by atoms with Gasteiger partial charge in [-0.2, -0.15) is 0 Å². The van der Waals surface area contributed by atoms with Crippen molar-refractivity contribution >= 4 is 0 Å². The zero-order chi connectivity index (χ0) is 15.4. The lowest BCUT2D eigenvalue weighted by Gasteiger charge is -2.39. The Hall–Kier alpha value is -1.13. The van der Waals surface area contributed by atoms with Crippen LogP contribution in [0.25, 0.3) is 0 Å². The molecule has 118 valence electrons. The molecule has 2 atom stereocenters. The van der Waals surface area contributed by atoms with Crippen LogP contribution in [0.5, 0.6) is 5.75 Å². The highest BCUT2D eigenvalue weighted by Gasteiger charge is 2.25. The highest BCUT2D eigenvalue weighted by molar-refractivity contribution is 5.29. The van der Waals surface area contributed by atoms with Crippen molar-refractivity contribution in [2.24, 2.45) is 5.92 Å². The molecule has 3 nitrogen and oxygen atoms in total. The number of nitrogens with zero attached hydrogens (tertiary/aromatic N) is 1. The molecule has 1 saturated heterocycles. The second-order valence-electron chi connectivity index (χ2n) is 6.48. The molecule has 4 heteroatoms. The van der Waals surface area contributed by atoms with Crippen molar-refractivity contribution in [2.45, 2.75) is 45.8 Å². The van der Waals surface area contributed by atoms with E-state index < -0.39 is 0 Å². The van der Waals surface area contributed by atoms with Crippen molar-refractivity contribution in [3.8, 4) is 5.75 Å². The van der Waals surface area contributed by atoms with E-state index in [4.69, 9.17) is 4.74 Å². The highest BCUT2D eigenvalue weighted by Crippen LogP contribution is 2.21. The van der Waals surface area contributed by atoms with Gasteiger partial charge in [-0.3, -0.25) is 4.90 Å². The van der Waals surface area contributed by atoms with Gasteiger partial charge in [-0.05, 0) is 37.0 Å². The highest BCUT2D eigenvalue weighted by atomic mass is 19.1. The molecule has 0 spiro atoms. The molecule has 0 saturated carbocycles. The summed E-state index contributed by atoms with van der Waals surface area (Å²) in [5.74, 6) is 0.720. The van der Waals surface area contributed by atoms with Crippen LogP contribution in [-0.2, 0) is 6.54 Å². The van der Waals surface area contributed by atoms with E-state index in [1.165, 1.54) is 13.5 Å². The van der Waals surface area contributed by atoms with Crippen LogP contribution in [0.4, 0.5) is 4.39 Å². The lowest BCUT2D eigenvalue weighted by molar-refractivity contribution is 0.124. The summed E-state index contributed by atoms with van der Waals surface area (Å²) in [4.78, 5) is 2.44. The van der Waals surface area contributed by atoms with E-state index in [0.717, 1.165) is 25.2 Å². The van der Waals surface area contributed by atoms with Crippen LogP contribution in [0.3, 0.4) is 0 Å². The predicted molar refractivity (Wildman–Crippen MR) is 84.1 cm³/mol. The van der Waals surface area contributed by atoms with E-state index in [1.54, 1.807) is 12.1 Å². The van der Waals surface area contributed by atoms with Crippen molar-refractivity contribution in [2.75, 3.05) is 20.2 Å². The van der Waals surface area contributed by atoms with Crippen LogP contribution in [0, 0.1) is 11.7 Å². The minimum atomic E-state index is -0.281. The Morgan fingerprint density at radius 1 is 1.43 bits per heavy atom. The molecule has 1 N–H and O–H groups in total. The van der Waals surface area contributed by atoms with E-state index in [2.05, 4.69) is 31.0 Å². The SMILES string of the molecule is COc1ccc(CN2CC(CC(C)C)NCC2C)cc1F. The molecule has 0 aromatic heterocycles. The number of ether oxygens (including phenoxy) is 1. The molecule has 0 amide bonds. The summed E-state index contributed by atoms with van der Waals surface area (Å²) in [5.41, 5.74) is 1.00. The van der Waals surface area contributed by atoms with Gasteiger partial charge in [0.15, 0.2) is 11.6 Å². The standard InChI is InChI=1S/C17H27FN2O/c1-12(2)7-15-11-20(13(3)9-19-15)10-14-5-6-17(21-4)16(18)8-14/h5-6,8,12-13,15,19H,7,9-11H2,1-4H3. The third-order valence-electron chi connectivity index (χ3n) is 4.14. The number of methoxy groups -OCH3 is 1. The van der Waals surface area contributed by atoms with E-state index in [0.29, 0.717) is 23.8 Å². The first kappa shape index (κ1) is 16.2. The number of rotatable bonds is 5. The Kier molecular flexibility index (Phi) is 5.59. The fourth-order valence-corrected chi connectivity index (χ4v) is 2.98. The van der Waals surface area contributed by atoms with E-state index in [9.17, 15) is 4.39 Å². The smallest absolute Gasteiger partial charge is 0.165 e. The normalized spacial score (nSPS) is 23.5. The largest absolute Gasteiger partial charge is 0.494 e. The molecular weight excluding hydrogens is 267 g/mol. The van der Waals surface area contributed by atoms with Gasteiger partial charge < -0.3 is 10.1 Å². The molecule has 0 bridgehead atoms. The molecule has 1 aliphatic heterocycles. The number of hydrogen-bond donors (Lipinski definition) is 1. The lowest BCUT2D eigenvalue weighted by atomic mass is 9.99. The van der Waals surface area contributed by atoms with E-state index >= 15 is 0 Å². The summed E-state index contributed by atoms with van der Waals surface area (Å²) < 4.78 is 18.8. The Labute approximate surface area is 127 Å². The van der Waals surface area contributed by atoms with Gasteiger partial charge in [-0.25, -0.2) is 4.39 Å². The summed E-state index contributed by atoms with van der Waals surface area (Å²) in [6.07, 6.45) is 1.18. The van der Waals surface area contributed by atoms with E-state index in [1.807, 2.05) is 6.07 Å². The summed E-state index contributed by atoms with van der Waals surface area (Å²) in [7, 11) is 1.49. The average molecular weight is 294 g/mol. The molecule has 1 aliphatic rings. The number of piperazine rings is 1. The summed E-state index contributed by atoms with van der Waals surface area (Å²) in [6, 6.07) is 6.25. The maximum atomic E-state index is 13.8. The van der Waals surface area contributed by atoms with Gasteiger partial charge in [0, 0.05) is 31.7 Å². The first-order valence-electron chi connectivity index (χ1n) is 7.79. The van der Waals surface area contributed by atoms with Crippen molar-refractivity contribution in [1.82, 2.24) is 10.2 Å². The summed E-state index contributed by atoms with van der Waals surface area (Å²) in [5, 5.41) is 3.61. The van der Waals surface area contributed by atoms with Gasteiger partial charge in [-0.1, -0.05) is 19.9 Å². The maximum Gasteiger partial charge on any atom is 0.165 e. The molecule has 1 heterocycles. The Bertz CT molecular complexity index is 464. The van der Waals surface area contributed by atoms with Crippen molar-refractivity contribution in [3.05, 3.63) is 29.6 Å². The van der Waals surface area contributed by atoms with Crippen LogP contribution in [0.2, 0.25) is 0 Å². The molecule has 2 unspecified atom stereocenters. The van der Waals surface area contributed by atoms with Crippen molar-refractivity contribution in [1.29, 1.82) is 0 Å². The first-order valence-corrected chi connectivity index (χ1v) is 7.79. The number of hydrogen-bond acceptors (Lipinski definition) is 3. The quantitative estimate of drug-likeness (QED) is 0.903. The molecule has 1 aromatic rings. The fraction of sp³-hybridized carbons (Fsp3) is 0.647. The molecule has 1 aromatic carbocycles. The zero-order valence-corrected chi connectivity index (χ0v) is 13.5. The first-order chi connectivity index (χ1) is 9.99. The minimum absolute atomic E-state index is 0.281.